The molecule has 0 aliphatic rings. The van der Waals surface area contributed by atoms with Crippen LogP contribution in [-0.4, -0.2) is 4.98 Å². The minimum absolute atomic E-state index is 0.529. The van der Waals surface area contributed by atoms with Gasteiger partial charge in [0, 0.05) is 16.1 Å². The minimum Gasteiger partial charge on any atom is -0.436 e. The van der Waals surface area contributed by atoms with Gasteiger partial charge in [-0.1, -0.05) is 12.1 Å². The van der Waals surface area contributed by atoms with Gasteiger partial charge in [0.1, 0.15) is 10.9 Å². The molecule has 0 saturated carbocycles. The van der Waals surface area contributed by atoms with Crippen molar-refractivity contribution in [2.24, 2.45) is 0 Å². The van der Waals surface area contributed by atoms with Gasteiger partial charge in [-0.25, -0.2) is 4.98 Å². The van der Waals surface area contributed by atoms with Gasteiger partial charge in [-0.05, 0) is 42.1 Å². The first-order valence-corrected chi connectivity index (χ1v) is 6.41. The number of para-hydroxylation sites is 2. The molecule has 3 rings (SSSR count). The highest BCUT2D eigenvalue weighted by Crippen LogP contribution is 2.31. The molecular formula is C14H9N3OS. The molecule has 3 aromatic rings. The highest BCUT2D eigenvalue weighted by molar-refractivity contribution is 8.03. The van der Waals surface area contributed by atoms with Gasteiger partial charge < -0.3 is 10.2 Å². The highest BCUT2D eigenvalue weighted by Gasteiger charge is 2.10. The Bertz CT molecular complexity index is 756. The topological polar surface area (TPSA) is 75.8 Å². The molecule has 5 heteroatoms. The Labute approximate surface area is 113 Å². The van der Waals surface area contributed by atoms with Crippen molar-refractivity contribution in [3.05, 3.63) is 42.5 Å². The standard InChI is InChI=1S/C14H9N3OS/c15-8-19-13-7-9(5-6-10(13)16)14-17-11-3-1-2-4-12(11)18-14/h1-7H,16H2. The molecule has 0 atom stereocenters. The number of thioether (sulfide) groups is 1. The van der Waals surface area contributed by atoms with E-state index < -0.39 is 0 Å². The Morgan fingerprint density at radius 3 is 2.84 bits per heavy atom. The van der Waals surface area contributed by atoms with Crippen molar-refractivity contribution in [2.45, 2.75) is 4.90 Å². The van der Waals surface area contributed by atoms with E-state index in [4.69, 9.17) is 15.4 Å². The predicted octanol–water partition coefficient (Wildman–Crippen LogP) is 3.65. The van der Waals surface area contributed by atoms with E-state index in [0.717, 1.165) is 28.4 Å². The fourth-order valence-corrected chi connectivity index (χ4v) is 2.27. The van der Waals surface area contributed by atoms with Crippen LogP contribution < -0.4 is 5.73 Å². The summed E-state index contributed by atoms with van der Waals surface area (Å²) in [6.07, 6.45) is 0. The number of nitrogens with zero attached hydrogens (tertiary/aromatic N) is 2. The van der Waals surface area contributed by atoms with Gasteiger partial charge in [0.25, 0.3) is 0 Å². The molecule has 0 aliphatic heterocycles. The molecular weight excluding hydrogens is 258 g/mol. The molecule has 0 fully saturated rings. The molecule has 19 heavy (non-hydrogen) atoms. The molecule has 0 bridgehead atoms. The maximum Gasteiger partial charge on any atom is 0.227 e. The van der Waals surface area contributed by atoms with Crippen LogP contribution in [0.4, 0.5) is 5.69 Å². The average Bonchev–Trinajstić information content (AvgIpc) is 2.85. The second-order valence-electron chi connectivity index (χ2n) is 3.93. The third-order valence-corrected chi connectivity index (χ3v) is 3.37. The van der Waals surface area contributed by atoms with Crippen LogP contribution in [0.25, 0.3) is 22.6 Å². The summed E-state index contributed by atoms with van der Waals surface area (Å²) >= 11 is 1.03. The van der Waals surface area contributed by atoms with Gasteiger partial charge in [-0.2, -0.15) is 5.26 Å². The number of fused-ring (bicyclic) bond motifs is 1. The van der Waals surface area contributed by atoms with Crippen LogP contribution in [-0.2, 0) is 0 Å². The quantitative estimate of drug-likeness (QED) is 0.435. The summed E-state index contributed by atoms with van der Waals surface area (Å²) in [5.74, 6) is 0.529. The van der Waals surface area contributed by atoms with E-state index in [-0.39, 0.29) is 0 Å². The fourth-order valence-electron chi connectivity index (χ4n) is 1.80. The van der Waals surface area contributed by atoms with E-state index in [1.54, 1.807) is 6.07 Å². The highest BCUT2D eigenvalue weighted by atomic mass is 32.2. The van der Waals surface area contributed by atoms with Crippen LogP contribution in [0.5, 0.6) is 0 Å². The van der Waals surface area contributed by atoms with Crippen molar-refractivity contribution >= 4 is 28.5 Å². The number of hydrogen-bond acceptors (Lipinski definition) is 5. The number of nitrogens with two attached hydrogens (primary N) is 1. The lowest BCUT2D eigenvalue weighted by Crippen LogP contribution is -1.88. The van der Waals surface area contributed by atoms with E-state index >= 15 is 0 Å². The summed E-state index contributed by atoms with van der Waals surface area (Å²) < 4.78 is 5.68. The first-order valence-electron chi connectivity index (χ1n) is 5.59. The molecule has 92 valence electrons. The third-order valence-electron chi connectivity index (χ3n) is 2.71. The molecule has 2 N–H and O–H groups in total. The zero-order valence-electron chi connectivity index (χ0n) is 9.83. The number of anilines is 1. The molecule has 1 aromatic heterocycles. The smallest absolute Gasteiger partial charge is 0.227 e. The summed E-state index contributed by atoms with van der Waals surface area (Å²) in [7, 11) is 0. The van der Waals surface area contributed by atoms with Crippen molar-refractivity contribution < 1.29 is 4.42 Å². The first kappa shape index (κ1) is 11.6. The predicted molar refractivity (Wildman–Crippen MR) is 75.3 cm³/mol. The number of thiocyanates is 1. The summed E-state index contributed by atoms with van der Waals surface area (Å²) in [5.41, 5.74) is 8.74. The lowest BCUT2D eigenvalue weighted by atomic mass is 10.2. The van der Waals surface area contributed by atoms with Gasteiger partial charge in [-0.3, -0.25) is 0 Å². The van der Waals surface area contributed by atoms with E-state index in [1.807, 2.05) is 41.8 Å². The van der Waals surface area contributed by atoms with Crippen molar-refractivity contribution in [2.75, 3.05) is 5.73 Å². The summed E-state index contributed by atoms with van der Waals surface area (Å²) in [4.78, 5) is 5.12. The van der Waals surface area contributed by atoms with Crippen LogP contribution in [0.3, 0.4) is 0 Å². The molecule has 0 amide bonds. The van der Waals surface area contributed by atoms with Crippen molar-refractivity contribution in [1.29, 1.82) is 5.26 Å². The van der Waals surface area contributed by atoms with Gasteiger partial charge in [0.05, 0.1) is 0 Å². The number of nitrogen functional groups attached to an aromatic ring is 1. The summed E-state index contributed by atoms with van der Waals surface area (Å²) in [6.45, 7) is 0. The Morgan fingerprint density at radius 2 is 2.05 bits per heavy atom. The van der Waals surface area contributed by atoms with Gasteiger partial charge >= 0.3 is 0 Å². The first-order chi connectivity index (χ1) is 9.28. The van der Waals surface area contributed by atoms with Gasteiger partial charge in [0.15, 0.2) is 5.58 Å². The Morgan fingerprint density at radius 1 is 1.21 bits per heavy atom. The number of aromatic nitrogens is 1. The second kappa shape index (κ2) is 4.67. The Kier molecular flexibility index (Phi) is 2.86. The van der Waals surface area contributed by atoms with Crippen LogP contribution in [0.1, 0.15) is 0 Å². The molecule has 0 saturated heterocycles. The SMILES string of the molecule is N#CSc1cc(-c2nc3ccccc3o2)ccc1N. The molecule has 0 radical (unpaired) electrons. The van der Waals surface area contributed by atoms with Crippen molar-refractivity contribution in [3.63, 3.8) is 0 Å². The molecule has 1 heterocycles. The molecule has 0 aliphatic carbocycles. The maximum atomic E-state index is 8.74. The van der Waals surface area contributed by atoms with Gasteiger partial charge in [-0.15, -0.1) is 0 Å². The van der Waals surface area contributed by atoms with Gasteiger partial charge in [0.2, 0.25) is 5.89 Å². The largest absolute Gasteiger partial charge is 0.436 e. The zero-order valence-corrected chi connectivity index (χ0v) is 10.6. The van der Waals surface area contributed by atoms with Crippen LogP contribution >= 0.6 is 11.8 Å². The summed E-state index contributed by atoms with van der Waals surface area (Å²) in [5, 5.41) is 10.8. The second-order valence-corrected chi connectivity index (χ2v) is 4.76. The van der Waals surface area contributed by atoms with Crippen LogP contribution in [0.15, 0.2) is 51.8 Å². The monoisotopic (exact) mass is 267 g/mol. The lowest BCUT2D eigenvalue weighted by molar-refractivity contribution is 0.619. The average molecular weight is 267 g/mol. The van der Waals surface area contributed by atoms with Crippen molar-refractivity contribution in [1.82, 2.24) is 4.98 Å². The van der Waals surface area contributed by atoms with E-state index in [2.05, 4.69) is 4.98 Å². The molecule has 0 spiro atoms. The van der Waals surface area contributed by atoms with Crippen LogP contribution in [0, 0.1) is 10.7 Å². The number of benzene rings is 2. The van der Waals surface area contributed by atoms with Crippen LogP contribution in [0.2, 0.25) is 0 Å². The van der Waals surface area contributed by atoms with Crippen molar-refractivity contribution in [3.8, 4) is 16.9 Å². The number of rotatable bonds is 2. The normalized spacial score (nSPS) is 10.5. The molecule has 0 unspecified atom stereocenters. The van der Waals surface area contributed by atoms with E-state index in [9.17, 15) is 0 Å². The number of nitriles is 1. The lowest BCUT2D eigenvalue weighted by Gasteiger charge is -2.02. The van der Waals surface area contributed by atoms with E-state index in [0.29, 0.717) is 16.5 Å². The molecule has 2 aromatic carbocycles. The molecule has 4 nitrogen and oxygen atoms in total. The zero-order chi connectivity index (χ0) is 13.2. The fraction of sp³-hybridized carbons (Fsp3) is 0. The summed E-state index contributed by atoms with van der Waals surface area (Å²) in [6, 6.07) is 13.0. The maximum absolute atomic E-state index is 8.74. The van der Waals surface area contributed by atoms with E-state index in [1.165, 1.54) is 0 Å². The Balaban J connectivity index is 2.11. The minimum atomic E-state index is 0.529. The number of oxazole rings is 1. The third kappa shape index (κ3) is 2.14. The Hall–Kier alpha value is -2.45. The number of hydrogen-bond donors (Lipinski definition) is 1.